The molecule has 1 aromatic heterocycles. The highest BCUT2D eigenvalue weighted by atomic mass is 32.1. The lowest BCUT2D eigenvalue weighted by molar-refractivity contribution is -0.140. The SMILES string of the molecule is O=C(CN1CCC[C@@H]1c1nc2ccccc2s1)NN1C(=O)NC2(CCCCC2)C1=O. The second-order valence-electron chi connectivity index (χ2n) is 8.40. The van der Waals surface area contributed by atoms with Gasteiger partial charge < -0.3 is 5.32 Å². The maximum Gasteiger partial charge on any atom is 0.344 e. The summed E-state index contributed by atoms with van der Waals surface area (Å²) in [5, 5.41) is 4.72. The van der Waals surface area contributed by atoms with Gasteiger partial charge in [-0.3, -0.25) is 19.9 Å². The molecule has 3 heterocycles. The van der Waals surface area contributed by atoms with Crippen molar-refractivity contribution in [2.24, 2.45) is 0 Å². The summed E-state index contributed by atoms with van der Waals surface area (Å²) in [6.45, 7) is 0.919. The average Bonchev–Trinajstić information content (AvgIpc) is 3.42. The average molecular weight is 428 g/mol. The van der Waals surface area contributed by atoms with Gasteiger partial charge in [-0.2, -0.15) is 5.01 Å². The second kappa shape index (κ2) is 7.63. The third-order valence-electron chi connectivity index (χ3n) is 6.41. The van der Waals surface area contributed by atoms with Gasteiger partial charge in [0, 0.05) is 0 Å². The number of imide groups is 1. The first-order chi connectivity index (χ1) is 14.6. The van der Waals surface area contributed by atoms with Gasteiger partial charge >= 0.3 is 6.03 Å². The van der Waals surface area contributed by atoms with Gasteiger partial charge in [0.1, 0.15) is 10.5 Å². The van der Waals surface area contributed by atoms with Crippen LogP contribution in [0.25, 0.3) is 10.2 Å². The van der Waals surface area contributed by atoms with Crippen LogP contribution in [-0.4, -0.2) is 51.4 Å². The van der Waals surface area contributed by atoms with Crippen molar-refractivity contribution < 1.29 is 14.4 Å². The first-order valence-electron chi connectivity index (χ1n) is 10.6. The van der Waals surface area contributed by atoms with Crippen molar-refractivity contribution in [3.8, 4) is 0 Å². The number of hydrogen-bond acceptors (Lipinski definition) is 6. The third kappa shape index (κ3) is 3.35. The molecule has 1 aliphatic carbocycles. The van der Waals surface area contributed by atoms with Gasteiger partial charge in [-0.05, 0) is 44.4 Å². The minimum absolute atomic E-state index is 0.0842. The zero-order chi connectivity index (χ0) is 20.7. The number of likely N-dealkylation sites (tertiary alicyclic amines) is 1. The number of hydrogen-bond donors (Lipinski definition) is 2. The highest BCUT2D eigenvalue weighted by Gasteiger charge is 2.52. The number of benzene rings is 1. The van der Waals surface area contributed by atoms with Crippen molar-refractivity contribution in [1.82, 2.24) is 25.6 Å². The fourth-order valence-corrected chi connectivity index (χ4v) is 6.03. The summed E-state index contributed by atoms with van der Waals surface area (Å²) in [5.74, 6) is -0.677. The Kier molecular flexibility index (Phi) is 4.94. The minimum Gasteiger partial charge on any atom is -0.322 e. The van der Waals surface area contributed by atoms with E-state index in [2.05, 4.69) is 21.7 Å². The van der Waals surface area contributed by atoms with Crippen molar-refractivity contribution in [3.63, 3.8) is 0 Å². The Bertz CT molecular complexity index is 966. The number of carbonyl (C=O) groups is 3. The molecule has 1 atom stereocenters. The van der Waals surface area contributed by atoms with Crippen LogP contribution < -0.4 is 10.7 Å². The van der Waals surface area contributed by atoms with Crippen molar-refractivity contribution in [2.45, 2.75) is 56.5 Å². The minimum atomic E-state index is -0.834. The van der Waals surface area contributed by atoms with Crippen LogP contribution in [0.15, 0.2) is 24.3 Å². The summed E-state index contributed by atoms with van der Waals surface area (Å²) in [7, 11) is 0. The van der Waals surface area contributed by atoms with Gasteiger partial charge in [0.2, 0.25) is 0 Å². The van der Waals surface area contributed by atoms with Crippen LogP contribution in [0, 0.1) is 0 Å². The van der Waals surface area contributed by atoms with Crippen LogP contribution in [-0.2, 0) is 9.59 Å². The zero-order valence-corrected chi connectivity index (χ0v) is 17.5. The van der Waals surface area contributed by atoms with Gasteiger partial charge in [-0.15, -0.1) is 11.3 Å². The molecule has 2 aromatic rings. The number of thiazole rings is 1. The van der Waals surface area contributed by atoms with Gasteiger partial charge in [-0.1, -0.05) is 31.4 Å². The summed E-state index contributed by atoms with van der Waals surface area (Å²) in [4.78, 5) is 44.8. The van der Waals surface area contributed by atoms with E-state index >= 15 is 0 Å². The fourth-order valence-electron chi connectivity index (χ4n) is 4.89. The molecule has 158 valence electrons. The molecule has 1 spiro atoms. The normalized spacial score (nSPS) is 24.0. The Morgan fingerprint density at radius 2 is 2.00 bits per heavy atom. The smallest absolute Gasteiger partial charge is 0.322 e. The van der Waals surface area contributed by atoms with Crippen LogP contribution in [0.4, 0.5) is 4.79 Å². The molecule has 0 bridgehead atoms. The molecule has 5 rings (SSSR count). The number of nitrogens with one attached hydrogen (secondary N) is 2. The molecule has 3 aliphatic rings. The molecule has 4 amide bonds. The fraction of sp³-hybridized carbons (Fsp3) is 0.524. The summed E-state index contributed by atoms with van der Waals surface area (Å²) in [5.41, 5.74) is 2.69. The van der Waals surface area contributed by atoms with Gasteiger partial charge in [-0.25, -0.2) is 9.78 Å². The molecular formula is C21H25N5O3S. The quantitative estimate of drug-likeness (QED) is 0.732. The molecule has 0 radical (unpaired) electrons. The molecule has 8 nitrogen and oxygen atoms in total. The lowest BCUT2D eigenvalue weighted by atomic mass is 9.82. The molecule has 2 N–H and O–H groups in total. The number of hydrazine groups is 1. The number of fused-ring (bicyclic) bond motifs is 1. The van der Waals surface area contributed by atoms with E-state index in [1.807, 2.05) is 18.2 Å². The second-order valence-corrected chi connectivity index (χ2v) is 9.46. The van der Waals surface area contributed by atoms with E-state index in [4.69, 9.17) is 4.98 Å². The molecule has 2 aliphatic heterocycles. The van der Waals surface area contributed by atoms with Crippen LogP contribution in [0.3, 0.4) is 0 Å². The number of carbonyl (C=O) groups excluding carboxylic acids is 3. The maximum atomic E-state index is 12.9. The molecule has 30 heavy (non-hydrogen) atoms. The van der Waals surface area contributed by atoms with Crippen molar-refractivity contribution in [3.05, 3.63) is 29.3 Å². The van der Waals surface area contributed by atoms with Gasteiger partial charge in [0.15, 0.2) is 0 Å². The molecule has 1 aromatic carbocycles. The summed E-state index contributed by atoms with van der Waals surface area (Å²) < 4.78 is 1.14. The summed E-state index contributed by atoms with van der Waals surface area (Å²) in [6.07, 6.45) is 6.08. The molecule has 1 saturated carbocycles. The van der Waals surface area contributed by atoms with Crippen LogP contribution in [0.5, 0.6) is 0 Å². The highest BCUT2D eigenvalue weighted by Crippen LogP contribution is 2.36. The Morgan fingerprint density at radius 3 is 2.80 bits per heavy atom. The van der Waals surface area contributed by atoms with E-state index in [1.165, 1.54) is 0 Å². The molecule has 0 unspecified atom stereocenters. The van der Waals surface area contributed by atoms with Gasteiger partial charge in [0.05, 0.1) is 22.8 Å². The van der Waals surface area contributed by atoms with E-state index in [0.29, 0.717) is 12.8 Å². The Balaban J connectivity index is 1.26. The van der Waals surface area contributed by atoms with E-state index in [9.17, 15) is 14.4 Å². The molecule has 2 saturated heterocycles. The van der Waals surface area contributed by atoms with Gasteiger partial charge in [0.25, 0.3) is 11.8 Å². The lowest BCUT2D eigenvalue weighted by Crippen LogP contribution is -2.52. The van der Waals surface area contributed by atoms with Crippen LogP contribution >= 0.6 is 11.3 Å². The number of aromatic nitrogens is 1. The standard InChI is InChI=1S/C21H25N5O3S/c27-17(24-26-19(28)21(23-20(26)29)10-4-1-5-11-21)13-25-12-6-8-15(25)18-22-14-7-2-3-9-16(14)30-18/h2-3,7,9,15H,1,4-6,8,10-13H2,(H,23,29)(H,24,27)/t15-/m1/s1. The van der Waals surface area contributed by atoms with Crippen molar-refractivity contribution >= 4 is 39.4 Å². The van der Waals surface area contributed by atoms with E-state index in [-0.39, 0.29) is 24.4 Å². The monoisotopic (exact) mass is 427 g/mol. The number of rotatable bonds is 4. The van der Waals surface area contributed by atoms with Crippen LogP contribution in [0.2, 0.25) is 0 Å². The van der Waals surface area contributed by atoms with Crippen molar-refractivity contribution in [1.29, 1.82) is 0 Å². The summed E-state index contributed by atoms with van der Waals surface area (Å²) in [6, 6.07) is 7.59. The molecular weight excluding hydrogens is 402 g/mol. The Labute approximate surface area is 178 Å². The predicted molar refractivity (Wildman–Crippen MR) is 113 cm³/mol. The van der Waals surface area contributed by atoms with Crippen molar-refractivity contribution in [2.75, 3.05) is 13.1 Å². The number of amides is 4. The lowest BCUT2D eigenvalue weighted by Gasteiger charge is -2.30. The maximum absolute atomic E-state index is 12.9. The topological polar surface area (TPSA) is 94.6 Å². The van der Waals surface area contributed by atoms with Crippen LogP contribution in [0.1, 0.15) is 56.0 Å². The van der Waals surface area contributed by atoms with E-state index in [1.54, 1.807) is 11.3 Å². The first kappa shape index (κ1) is 19.4. The largest absolute Gasteiger partial charge is 0.344 e. The molecule has 3 fully saturated rings. The zero-order valence-electron chi connectivity index (χ0n) is 16.7. The number of urea groups is 1. The first-order valence-corrected chi connectivity index (χ1v) is 11.4. The highest BCUT2D eigenvalue weighted by molar-refractivity contribution is 7.18. The number of para-hydroxylation sites is 1. The summed E-state index contributed by atoms with van der Waals surface area (Å²) >= 11 is 1.66. The number of nitrogens with zero attached hydrogens (tertiary/aromatic N) is 3. The Morgan fingerprint density at radius 1 is 1.20 bits per heavy atom. The predicted octanol–water partition coefficient (Wildman–Crippen LogP) is 2.72. The third-order valence-corrected chi connectivity index (χ3v) is 7.55. The van der Waals surface area contributed by atoms with E-state index < -0.39 is 11.6 Å². The Hall–Kier alpha value is -2.52. The molecule has 9 heteroatoms. The van der Waals surface area contributed by atoms with E-state index in [0.717, 1.165) is 58.9 Å².